The predicted molar refractivity (Wildman–Crippen MR) is 77.7 cm³/mol. The SMILES string of the molecule is Cc1ccnc(N2CCN(Cc3nccn3C(F)F)CC2)n1. The fraction of sp³-hybridized carbons (Fsp3) is 0.500. The van der Waals surface area contributed by atoms with E-state index in [9.17, 15) is 8.78 Å². The molecule has 0 aromatic carbocycles. The number of aromatic nitrogens is 4. The predicted octanol–water partition coefficient (Wildman–Crippen LogP) is 1.70. The highest BCUT2D eigenvalue weighted by Crippen LogP contribution is 2.16. The Morgan fingerprint density at radius 1 is 1.14 bits per heavy atom. The van der Waals surface area contributed by atoms with Crippen molar-refractivity contribution in [2.24, 2.45) is 0 Å². The third kappa shape index (κ3) is 3.22. The second-order valence-electron chi connectivity index (χ2n) is 5.29. The standard InChI is InChI=1S/C14H18F2N6/c1-11-2-3-18-14(19-11)21-8-6-20(7-9-21)10-12-17-4-5-22(12)13(15)16/h2-5,13H,6-10H2,1H3. The number of nitrogens with zero attached hydrogens (tertiary/aromatic N) is 6. The molecule has 22 heavy (non-hydrogen) atoms. The van der Waals surface area contributed by atoms with Gasteiger partial charge >= 0.3 is 6.55 Å². The van der Waals surface area contributed by atoms with E-state index in [1.165, 1.54) is 12.4 Å². The summed E-state index contributed by atoms with van der Waals surface area (Å²) < 4.78 is 26.5. The largest absolute Gasteiger partial charge is 0.338 e. The van der Waals surface area contributed by atoms with Crippen LogP contribution in [0.3, 0.4) is 0 Å². The van der Waals surface area contributed by atoms with E-state index in [1.54, 1.807) is 6.20 Å². The van der Waals surface area contributed by atoms with E-state index in [0.29, 0.717) is 12.4 Å². The van der Waals surface area contributed by atoms with E-state index in [2.05, 4.69) is 24.8 Å². The maximum absolute atomic E-state index is 12.8. The van der Waals surface area contributed by atoms with Crippen LogP contribution in [0.1, 0.15) is 18.1 Å². The number of hydrogen-bond acceptors (Lipinski definition) is 5. The average molecular weight is 308 g/mol. The highest BCUT2D eigenvalue weighted by molar-refractivity contribution is 5.30. The summed E-state index contributed by atoms with van der Waals surface area (Å²) >= 11 is 0. The van der Waals surface area contributed by atoms with Gasteiger partial charge in [-0.15, -0.1) is 0 Å². The van der Waals surface area contributed by atoms with E-state index >= 15 is 0 Å². The normalized spacial score (nSPS) is 16.5. The number of rotatable bonds is 4. The zero-order chi connectivity index (χ0) is 15.5. The van der Waals surface area contributed by atoms with Crippen LogP contribution in [-0.2, 0) is 6.54 Å². The van der Waals surface area contributed by atoms with Gasteiger partial charge in [-0.05, 0) is 13.0 Å². The molecule has 1 aliphatic rings. The van der Waals surface area contributed by atoms with Gasteiger partial charge in [0.25, 0.3) is 0 Å². The van der Waals surface area contributed by atoms with Crippen molar-refractivity contribution >= 4 is 5.95 Å². The van der Waals surface area contributed by atoms with Gasteiger partial charge < -0.3 is 4.90 Å². The molecule has 0 saturated carbocycles. The molecule has 1 fully saturated rings. The fourth-order valence-corrected chi connectivity index (χ4v) is 2.54. The Balaban J connectivity index is 1.59. The van der Waals surface area contributed by atoms with Crippen molar-refractivity contribution in [1.82, 2.24) is 24.4 Å². The van der Waals surface area contributed by atoms with Gasteiger partial charge in [0.2, 0.25) is 5.95 Å². The molecule has 0 amide bonds. The van der Waals surface area contributed by atoms with Gasteiger partial charge in [-0.25, -0.2) is 15.0 Å². The minimum Gasteiger partial charge on any atom is -0.338 e. The van der Waals surface area contributed by atoms with E-state index in [1.807, 2.05) is 13.0 Å². The minimum atomic E-state index is -2.54. The Kier molecular flexibility index (Phi) is 4.28. The average Bonchev–Trinajstić information content (AvgIpc) is 2.96. The van der Waals surface area contributed by atoms with Crippen molar-refractivity contribution in [2.45, 2.75) is 20.0 Å². The van der Waals surface area contributed by atoms with Crippen LogP contribution in [0.5, 0.6) is 0 Å². The number of anilines is 1. The lowest BCUT2D eigenvalue weighted by molar-refractivity contribution is 0.0636. The Labute approximate surface area is 127 Å². The van der Waals surface area contributed by atoms with Gasteiger partial charge in [0.05, 0.1) is 6.54 Å². The van der Waals surface area contributed by atoms with E-state index in [4.69, 9.17) is 0 Å². The first-order valence-corrected chi connectivity index (χ1v) is 7.20. The first-order valence-electron chi connectivity index (χ1n) is 7.20. The molecule has 0 N–H and O–H groups in total. The van der Waals surface area contributed by atoms with Crippen LogP contribution in [-0.4, -0.2) is 50.6 Å². The van der Waals surface area contributed by atoms with Crippen molar-refractivity contribution in [1.29, 1.82) is 0 Å². The van der Waals surface area contributed by atoms with Crippen molar-refractivity contribution in [3.8, 4) is 0 Å². The summed E-state index contributed by atoms with van der Waals surface area (Å²) in [5.41, 5.74) is 0.936. The van der Waals surface area contributed by atoms with E-state index in [0.717, 1.165) is 42.4 Å². The molecule has 1 saturated heterocycles. The first-order chi connectivity index (χ1) is 10.6. The summed E-state index contributed by atoms with van der Waals surface area (Å²) in [5.74, 6) is 1.13. The third-order valence-corrected chi connectivity index (χ3v) is 3.76. The van der Waals surface area contributed by atoms with Gasteiger partial charge in [-0.2, -0.15) is 8.78 Å². The molecule has 0 bridgehead atoms. The Morgan fingerprint density at radius 2 is 1.91 bits per heavy atom. The van der Waals surface area contributed by atoms with Crippen LogP contribution in [0, 0.1) is 6.92 Å². The summed E-state index contributed by atoms with van der Waals surface area (Å²) in [4.78, 5) is 17.0. The molecule has 0 unspecified atom stereocenters. The quantitative estimate of drug-likeness (QED) is 0.860. The molecule has 8 heteroatoms. The van der Waals surface area contributed by atoms with Crippen molar-refractivity contribution in [3.63, 3.8) is 0 Å². The molecule has 3 heterocycles. The summed E-state index contributed by atoms with van der Waals surface area (Å²) in [6.45, 7) is 2.92. The first kappa shape index (κ1) is 14.8. The zero-order valence-corrected chi connectivity index (χ0v) is 12.4. The smallest absolute Gasteiger partial charge is 0.319 e. The molecule has 2 aromatic heterocycles. The molecule has 118 valence electrons. The summed E-state index contributed by atoms with van der Waals surface area (Å²) in [6.07, 6.45) is 4.48. The molecular formula is C14H18F2N6. The Morgan fingerprint density at radius 3 is 2.59 bits per heavy atom. The molecule has 2 aromatic rings. The van der Waals surface area contributed by atoms with Gasteiger partial charge in [0.1, 0.15) is 5.82 Å². The number of halogens is 2. The molecule has 1 aliphatic heterocycles. The second kappa shape index (κ2) is 6.35. The lowest BCUT2D eigenvalue weighted by Gasteiger charge is -2.34. The number of alkyl halides is 2. The number of hydrogen-bond donors (Lipinski definition) is 0. The van der Waals surface area contributed by atoms with Crippen LogP contribution < -0.4 is 4.90 Å². The molecule has 0 aliphatic carbocycles. The van der Waals surface area contributed by atoms with Gasteiger partial charge in [0, 0.05) is 50.5 Å². The van der Waals surface area contributed by atoms with Crippen LogP contribution >= 0.6 is 0 Å². The van der Waals surface area contributed by atoms with Crippen molar-refractivity contribution in [2.75, 3.05) is 31.1 Å². The monoisotopic (exact) mass is 308 g/mol. The maximum Gasteiger partial charge on any atom is 0.319 e. The summed E-state index contributed by atoms with van der Waals surface area (Å²) in [5, 5.41) is 0. The van der Waals surface area contributed by atoms with Crippen LogP contribution in [0.25, 0.3) is 0 Å². The van der Waals surface area contributed by atoms with Crippen LogP contribution in [0.15, 0.2) is 24.7 Å². The van der Waals surface area contributed by atoms with Crippen LogP contribution in [0.4, 0.5) is 14.7 Å². The lowest BCUT2D eigenvalue weighted by Crippen LogP contribution is -2.46. The molecule has 0 atom stereocenters. The molecule has 6 nitrogen and oxygen atoms in total. The van der Waals surface area contributed by atoms with Gasteiger partial charge in [-0.1, -0.05) is 0 Å². The summed E-state index contributed by atoms with van der Waals surface area (Å²) in [7, 11) is 0. The summed E-state index contributed by atoms with van der Waals surface area (Å²) in [6, 6.07) is 1.86. The highest BCUT2D eigenvalue weighted by atomic mass is 19.3. The second-order valence-corrected chi connectivity index (χ2v) is 5.29. The molecule has 0 radical (unpaired) electrons. The molecule has 3 rings (SSSR count). The van der Waals surface area contributed by atoms with E-state index < -0.39 is 6.55 Å². The van der Waals surface area contributed by atoms with Crippen molar-refractivity contribution in [3.05, 3.63) is 36.2 Å². The highest BCUT2D eigenvalue weighted by Gasteiger charge is 2.21. The minimum absolute atomic E-state index is 0.398. The molecular weight excluding hydrogens is 290 g/mol. The van der Waals surface area contributed by atoms with Gasteiger partial charge in [0.15, 0.2) is 0 Å². The third-order valence-electron chi connectivity index (χ3n) is 3.76. The Bertz CT molecular complexity index is 621. The lowest BCUT2D eigenvalue weighted by atomic mass is 10.3. The van der Waals surface area contributed by atoms with E-state index in [-0.39, 0.29) is 0 Å². The maximum atomic E-state index is 12.8. The topological polar surface area (TPSA) is 50.1 Å². The van der Waals surface area contributed by atoms with Crippen molar-refractivity contribution < 1.29 is 8.78 Å². The number of aryl methyl sites for hydroxylation is 1. The number of piperazine rings is 1. The fourth-order valence-electron chi connectivity index (χ4n) is 2.54. The molecule has 0 spiro atoms. The Hall–Kier alpha value is -2.09. The van der Waals surface area contributed by atoms with Gasteiger partial charge in [-0.3, -0.25) is 9.47 Å². The zero-order valence-electron chi connectivity index (χ0n) is 12.4. The van der Waals surface area contributed by atoms with Crippen LogP contribution in [0.2, 0.25) is 0 Å². The number of imidazole rings is 1.